The number of methoxy groups -OCH3 is 1. The maximum atomic E-state index is 11.6. The molecule has 0 aromatic rings. The molecule has 0 amide bonds. The molecule has 0 radical (unpaired) electrons. The molecule has 0 spiro atoms. The lowest BCUT2D eigenvalue weighted by molar-refractivity contribution is -0.150. The summed E-state index contributed by atoms with van der Waals surface area (Å²) in [5, 5.41) is 0. The van der Waals surface area contributed by atoms with Crippen LogP contribution in [0, 0.1) is 17.8 Å². The van der Waals surface area contributed by atoms with Gasteiger partial charge >= 0.3 is 5.97 Å². The smallest absolute Gasteiger partial charge is 0.316 e. The average Bonchev–Trinajstić information content (AvgIpc) is 2.53. The van der Waals surface area contributed by atoms with Crippen LogP contribution in [-0.2, 0) is 14.3 Å². The zero-order chi connectivity index (χ0) is 10.1. The summed E-state index contributed by atoms with van der Waals surface area (Å²) in [7, 11) is 1.37. The zero-order valence-corrected chi connectivity index (χ0v) is 8.49. The molecule has 2 rings (SSSR count). The molecular formula is C11H16O3. The molecule has 2 aliphatic rings. The molecule has 0 aromatic carbocycles. The SMILES string of the molecule is COC(=O)[C@@H]1C(=O)C[C@@H]2CCCC[C@H]21. The molecule has 0 aliphatic heterocycles. The lowest BCUT2D eigenvalue weighted by atomic mass is 9.78. The number of fused-ring (bicyclic) bond motifs is 1. The number of hydrogen-bond donors (Lipinski definition) is 0. The number of hydrogen-bond acceptors (Lipinski definition) is 3. The van der Waals surface area contributed by atoms with E-state index >= 15 is 0 Å². The molecule has 0 unspecified atom stereocenters. The van der Waals surface area contributed by atoms with Gasteiger partial charge in [0.05, 0.1) is 7.11 Å². The lowest BCUT2D eigenvalue weighted by Crippen LogP contribution is -2.28. The van der Waals surface area contributed by atoms with Gasteiger partial charge in [0.25, 0.3) is 0 Å². The van der Waals surface area contributed by atoms with Crippen LogP contribution < -0.4 is 0 Å². The first-order chi connectivity index (χ1) is 6.74. The maximum Gasteiger partial charge on any atom is 0.316 e. The van der Waals surface area contributed by atoms with Crippen molar-refractivity contribution in [2.45, 2.75) is 32.1 Å². The average molecular weight is 196 g/mol. The topological polar surface area (TPSA) is 43.4 Å². The first kappa shape index (κ1) is 9.69. The van der Waals surface area contributed by atoms with Gasteiger partial charge < -0.3 is 4.74 Å². The predicted octanol–water partition coefficient (Wildman–Crippen LogP) is 1.55. The Balaban J connectivity index is 2.15. The third kappa shape index (κ3) is 1.45. The number of carbonyl (C=O) groups is 2. The first-order valence-electron chi connectivity index (χ1n) is 5.34. The van der Waals surface area contributed by atoms with Crippen LogP contribution in [0.4, 0.5) is 0 Å². The fourth-order valence-electron chi connectivity index (χ4n) is 2.99. The minimum Gasteiger partial charge on any atom is -0.468 e. The van der Waals surface area contributed by atoms with Crippen molar-refractivity contribution in [3.63, 3.8) is 0 Å². The molecule has 14 heavy (non-hydrogen) atoms. The third-order valence-electron chi connectivity index (χ3n) is 3.66. The predicted molar refractivity (Wildman–Crippen MR) is 50.6 cm³/mol. The van der Waals surface area contributed by atoms with Gasteiger partial charge in [-0.3, -0.25) is 9.59 Å². The van der Waals surface area contributed by atoms with Gasteiger partial charge in [0.15, 0.2) is 0 Å². The number of ketones is 1. The van der Waals surface area contributed by atoms with Crippen LogP contribution >= 0.6 is 0 Å². The number of rotatable bonds is 1. The van der Waals surface area contributed by atoms with Crippen molar-refractivity contribution in [3.05, 3.63) is 0 Å². The zero-order valence-electron chi connectivity index (χ0n) is 8.49. The minimum absolute atomic E-state index is 0.105. The van der Waals surface area contributed by atoms with Crippen LogP contribution in [0.15, 0.2) is 0 Å². The molecule has 3 nitrogen and oxygen atoms in total. The molecule has 2 fully saturated rings. The van der Waals surface area contributed by atoms with E-state index in [1.165, 1.54) is 13.5 Å². The molecule has 2 saturated carbocycles. The Kier molecular flexibility index (Phi) is 2.57. The van der Waals surface area contributed by atoms with Crippen molar-refractivity contribution in [2.24, 2.45) is 17.8 Å². The van der Waals surface area contributed by atoms with Gasteiger partial charge in [-0.1, -0.05) is 12.8 Å². The summed E-state index contributed by atoms with van der Waals surface area (Å²) in [5.41, 5.74) is 0. The summed E-state index contributed by atoms with van der Waals surface area (Å²) in [5.74, 6) is 0.0903. The van der Waals surface area contributed by atoms with E-state index in [9.17, 15) is 9.59 Å². The van der Waals surface area contributed by atoms with E-state index in [-0.39, 0.29) is 17.7 Å². The Morgan fingerprint density at radius 1 is 1.36 bits per heavy atom. The molecule has 0 bridgehead atoms. The van der Waals surface area contributed by atoms with Crippen LogP contribution in [0.1, 0.15) is 32.1 Å². The largest absolute Gasteiger partial charge is 0.468 e. The summed E-state index contributed by atoms with van der Waals surface area (Å²) in [6.45, 7) is 0. The highest BCUT2D eigenvalue weighted by Gasteiger charge is 2.47. The molecule has 2 aliphatic carbocycles. The quantitative estimate of drug-likeness (QED) is 0.472. The van der Waals surface area contributed by atoms with Crippen LogP contribution in [0.3, 0.4) is 0 Å². The molecule has 0 heterocycles. The van der Waals surface area contributed by atoms with Gasteiger partial charge in [0, 0.05) is 6.42 Å². The van der Waals surface area contributed by atoms with Crippen LogP contribution in [-0.4, -0.2) is 18.9 Å². The van der Waals surface area contributed by atoms with E-state index in [1.807, 2.05) is 0 Å². The van der Waals surface area contributed by atoms with Crippen LogP contribution in [0.5, 0.6) is 0 Å². The molecule has 3 atom stereocenters. The van der Waals surface area contributed by atoms with Gasteiger partial charge in [-0.15, -0.1) is 0 Å². The van der Waals surface area contributed by atoms with E-state index in [4.69, 9.17) is 4.74 Å². The Bertz CT molecular complexity index is 259. The summed E-state index contributed by atoms with van der Waals surface area (Å²) in [6, 6.07) is 0. The van der Waals surface area contributed by atoms with Crippen molar-refractivity contribution in [2.75, 3.05) is 7.11 Å². The van der Waals surface area contributed by atoms with E-state index in [0.717, 1.165) is 19.3 Å². The van der Waals surface area contributed by atoms with Crippen LogP contribution in [0.25, 0.3) is 0 Å². The molecular weight excluding hydrogens is 180 g/mol. The molecule has 0 N–H and O–H groups in total. The highest BCUT2D eigenvalue weighted by atomic mass is 16.5. The van der Waals surface area contributed by atoms with Gasteiger partial charge in [-0.25, -0.2) is 0 Å². The van der Waals surface area contributed by atoms with E-state index < -0.39 is 5.92 Å². The lowest BCUT2D eigenvalue weighted by Gasteiger charge is -2.26. The third-order valence-corrected chi connectivity index (χ3v) is 3.66. The van der Waals surface area contributed by atoms with Crippen molar-refractivity contribution in [1.29, 1.82) is 0 Å². The minimum atomic E-state index is -0.440. The summed E-state index contributed by atoms with van der Waals surface area (Å²) < 4.78 is 4.69. The van der Waals surface area contributed by atoms with Gasteiger partial charge in [-0.05, 0) is 24.7 Å². The highest BCUT2D eigenvalue weighted by Crippen LogP contribution is 2.44. The number of ether oxygens (including phenoxy) is 1. The standard InChI is InChI=1S/C11H16O3/c1-14-11(13)10-8-5-3-2-4-7(8)6-9(10)12/h7-8,10H,2-6H2,1H3/t7-,8+,10-/m0/s1. The Morgan fingerprint density at radius 3 is 2.79 bits per heavy atom. The Hall–Kier alpha value is -0.860. The number of carbonyl (C=O) groups excluding carboxylic acids is 2. The summed E-state index contributed by atoms with van der Waals surface area (Å²) in [6.07, 6.45) is 5.11. The van der Waals surface area contributed by atoms with Crippen molar-refractivity contribution < 1.29 is 14.3 Å². The van der Waals surface area contributed by atoms with Crippen LogP contribution in [0.2, 0.25) is 0 Å². The first-order valence-corrected chi connectivity index (χ1v) is 5.34. The van der Waals surface area contributed by atoms with Crippen molar-refractivity contribution in [3.8, 4) is 0 Å². The second kappa shape index (κ2) is 3.71. The van der Waals surface area contributed by atoms with E-state index in [1.54, 1.807) is 0 Å². The fraction of sp³-hybridized carbons (Fsp3) is 0.818. The summed E-state index contributed by atoms with van der Waals surface area (Å²) >= 11 is 0. The van der Waals surface area contributed by atoms with E-state index in [0.29, 0.717) is 12.3 Å². The second-order valence-corrected chi connectivity index (χ2v) is 4.38. The van der Waals surface area contributed by atoms with Gasteiger partial charge in [0.2, 0.25) is 0 Å². The molecule has 78 valence electrons. The molecule has 0 aromatic heterocycles. The highest BCUT2D eigenvalue weighted by molar-refractivity contribution is 6.01. The number of Topliss-reactive ketones (excluding diaryl/α,β-unsaturated/α-hetero) is 1. The van der Waals surface area contributed by atoms with Crippen molar-refractivity contribution in [1.82, 2.24) is 0 Å². The Morgan fingerprint density at radius 2 is 2.07 bits per heavy atom. The summed E-state index contributed by atoms with van der Waals surface area (Å²) in [4.78, 5) is 23.1. The normalized spacial score (nSPS) is 36.6. The number of esters is 1. The van der Waals surface area contributed by atoms with Crippen molar-refractivity contribution >= 4 is 11.8 Å². The van der Waals surface area contributed by atoms with Gasteiger partial charge in [-0.2, -0.15) is 0 Å². The fourth-order valence-corrected chi connectivity index (χ4v) is 2.99. The monoisotopic (exact) mass is 196 g/mol. The van der Waals surface area contributed by atoms with Gasteiger partial charge in [0.1, 0.15) is 11.7 Å². The molecule has 3 heteroatoms. The Labute approximate surface area is 83.8 Å². The maximum absolute atomic E-state index is 11.6. The molecule has 0 saturated heterocycles. The van der Waals surface area contributed by atoms with E-state index in [2.05, 4.69) is 0 Å². The second-order valence-electron chi connectivity index (χ2n) is 4.38.